The predicted molar refractivity (Wildman–Crippen MR) is 111 cm³/mol. The molecule has 0 aliphatic carbocycles. The predicted octanol–water partition coefficient (Wildman–Crippen LogP) is 2.55. The van der Waals surface area contributed by atoms with E-state index in [4.69, 9.17) is 0 Å². The molecule has 2 N–H and O–H groups in total. The first-order valence-corrected chi connectivity index (χ1v) is 10.2. The van der Waals surface area contributed by atoms with Gasteiger partial charge in [0, 0.05) is 51.0 Å². The molecule has 2 aliphatic heterocycles. The average Bonchev–Trinajstić information content (AvgIpc) is 3.14. The molecule has 0 radical (unpaired) electrons. The second-order valence-corrected chi connectivity index (χ2v) is 7.96. The summed E-state index contributed by atoms with van der Waals surface area (Å²) in [5.74, 6) is 1.76. The molecule has 0 amide bonds. The van der Waals surface area contributed by atoms with E-state index in [0.717, 1.165) is 37.9 Å². The number of anilines is 1. The van der Waals surface area contributed by atoms with E-state index in [0.29, 0.717) is 12.1 Å². The van der Waals surface area contributed by atoms with Crippen LogP contribution in [0.25, 0.3) is 0 Å². The second kappa shape index (κ2) is 9.26. The van der Waals surface area contributed by atoms with Crippen LogP contribution in [-0.2, 0) is 0 Å². The third-order valence-corrected chi connectivity index (χ3v) is 5.75. The molecule has 3 rings (SSSR count). The Kier molecular flexibility index (Phi) is 6.78. The fourth-order valence-electron chi connectivity index (χ4n) is 4.14. The van der Waals surface area contributed by atoms with Gasteiger partial charge in [0.1, 0.15) is 0 Å². The number of rotatable bonds is 5. The summed E-state index contributed by atoms with van der Waals surface area (Å²) in [6, 6.07) is 11.7. The lowest BCUT2D eigenvalue weighted by Crippen LogP contribution is -2.50. The van der Waals surface area contributed by atoms with Crippen LogP contribution in [0, 0.1) is 5.92 Å². The molecule has 2 heterocycles. The van der Waals surface area contributed by atoms with Gasteiger partial charge >= 0.3 is 0 Å². The highest BCUT2D eigenvalue weighted by Crippen LogP contribution is 2.20. The van der Waals surface area contributed by atoms with E-state index in [9.17, 15) is 0 Å². The molecular weight excluding hydrogens is 322 g/mol. The van der Waals surface area contributed by atoms with Gasteiger partial charge in [-0.2, -0.15) is 0 Å². The first kappa shape index (κ1) is 19.0. The largest absolute Gasteiger partial charge is 0.369 e. The molecule has 5 nitrogen and oxygen atoms in total. The van der Waals surface area contributed by atoms with Crippen molar-refractivity contribution in [2.45, 2.75) is 45.2 Å². The van der Waals surface area contributed by atoms with Crippen LogP contribution in [0.4, 0.5) is 5.69 Å². The maximum atomic E-state index is 4.44. The zero-order valence-electron chi connectivity index (χ0n) is 16.6. The summed E-state index contributed by atoms with van der Waals surface area (Å²) in [5, 5.41) is 7.15. The Balaban J connectivity index is 1.43. The number of nitrogens with zero attached hydrogens (tertiary/aromatic N) is 3. The van der Waals surface area contributed by atoms with Crippen molar-refractivity contribution >= 4 is 11.6 Å². The van der Waals surface area contributed by atoms with Gasteiger partial charge in [-0.25, -0.2) is 0 Å². The Labute approximate surface area is 158 Å². The quantitative estimate of drug-likeness (QED) is 0.628. The lowest BCUT2D eigenvalue weighted by atomic mass is 9.99. The van der Waals surface area contributed by atoms with Crippen LogP contribution < -0.4 is 15.5 Å². The molecule has 26 heavy (non-hydrogen) atoms. The van der Waals surface area contributed by atoms with Gasteiger partial charge in [-0.15, -0.1) is 0 Å². The number of aliphatic imine (C=N–C) groups is 1. The van der Waals surface area contributed by atoms with E-state index in [1.165, 1.54) is 31.6 Å². The molecular formula is C21H35N5. The molecule has 2 fully saturated rings. The minimum Gasteiger partial charge on any atom is -0.369 e. The molecule has 0 bridgehead atoms. The lowest BCUT2D eigenvalue weighted by molar-refractivity contribution is 0.139. The lowest BCUT2D eigenvalue weighted by Gasteiger charge is -2.35. The highest BCUT2D eigenvalue weighted by atomic mass is 15.3. The Bertz CT molecular complexity index is 573. The molecule has 0 aromatic heterocycles. The number of guanidine groups is 1. The van der Waals surface area contributed by atoms with Crippen molar-refractivity contribution in [2.75, 3.05) is 44.7 Å². The van der Waals surface area contributed by atoms with Gasteiger partial charge in [-0.1, -0.05) is 25.1 Å². The van der Waals surface area contributed by atoms with Crippen molar-refractivity contribution in [2.24, 2.45) is 10.9 Å². The Morgan fingerprint density at radius 2 is 2.00 bits per heavy atom. The third-order valence-electron chi connectivity index (χ3n) is 5.75. The van der Waals surface area contributed by atoms with E-state index in [-0.39, 0.29) is 0 Å². The van der Waals surface area contributed by atoms with E-state index < -0.39 is 0 Å². The molecule has 1 aromatic rings. The van der Waals surface area contributed by atoms with Crippen molar-refractivity contribution in [3.05, 3.63) is 30.3 Å². The van der Waals surface area contributed by atoms with Crippen LogP contribution >= 0.6 is 0 Å². The van der Waals surface area contributed by atoms with Gasteiger partial charge in [0.25, 0.3) is 0 Å². The van der Waals surface area contributed by atoms with Crippen molar-refractivity contribution in [3.63, 3.8) is 0 Å². The topological polar surface area (TPSA) is 42.9 Å². The molecule has 2 aliphatic rings. The molecule has 3 unspecified atom stereocenters. The van der Waals surface area contributed by atoms with Gasteiger partial charge in [-0.05, 0) is 50.8 Å². The van der Waals surface area contributed by atoms with E-state index in [1.54, 1.807) is 0 Å². The summed E-state index contributed by atoms with van der Waals surface area (Å²) in [6.07, 6.45) is 3.85. The molecule has 0 saturated carbocycles. The van der Waals surface area contributed by atoms with Crippen molar-refractivity contribution in [3.8, 4) is 0 Å². The van der Waals surface area contributed by atoms with Gasteiger partial charge in [0.2, 0.25) is 0 Å². The molecule has 2 saturated heterocycles. The standard InChI is InChI=1S/C21H35N5/c1-17-8-7-12-25(15-17)18(2)14-23-21(22-3)24-19-11-13-26(16-19)20-9-5-4-6-10-20/h4-6,9-10,17-19H,7-8,11-16H2,1-3H3,(H2,22,23,24). The zero-order valence-corrected chi connectivity index (χ0v) is 16.6. The number of para-hydroxylation sites is 1. The van der Waals surface area contributed by atoms with Crippen molar-refractivity contribution < 1.29 is 0 Å². The number of piperidine rings is 1. The maximum absolute atomic E-state index is 4.44. The van der Waals surface area contributed by atoms with Crippen molar-refractivity contribution in [1.82, 2.24) is 15.5 Å². The molecule has 1 aromatic carbocycles. The van der Waals surface area contributed by atoms with Crippen molar-refractivity contribution in [1.29, 1.82) is 0 Å². The van der Waals surface area contributed by atoms with Crippen LogP contribution in [0.3, 0.4) is 0 Å². The summed E-state index contributed by atoms with van der Waals surface area (Å²) in [4.78, 5) is 9.50. The zero-order chi connectivity index (χ0) is 18.4. The number of hydrogen-bond donors (Lipinski definition) is 2. The van der Waals surface area contributed by atoms with Gasteiger partial charge < -0.3 is 15.5 Å². The normalized spacial score (nSPS) is 26.0. The SMILES string of the molecule is CN=C(NCC(C)N1CCCC(C)C1)NC1CCN(c2ccccc2)C1. The summed E-state index contributed by atoms with van der Waals surface area (Å²) in [7, 11) is 1.87. The summed E-state index contributed by atoms with van der Waals surface area (Å²) in [6.45, 7) is 10.2. The fourth-order valence-corrected chi connectivity index (χ4v) is 4.14. The van der Waals surface area contributed by atoms with E-state index in [1.807, 2.05) is 7.05 Å². The first-order chi connectivity index (χ1) is 12.7. The Hall–Kier alpha value is -1.75. The smallest absolute Gasteiger partial charge is 0.191 e. The third kappa shape index (κ3) is 5.13. The van der Waals surface area contributed by atoms with Crippen LogP contribution in [0.5, 0.6) is 0 Å². The molecule has 5 heteroatoms. The Morgan fingerprint density at radius 1 is 1.19 bits per heavy atom. The first-order valence-electron chi connectivity index (χ1n) is 10.2. The van der Waals surface area contributed by atoms with E-state index >= 15 is 0 Å². The minimum atomic E-state index is 0.451. The number of nitrogens with one attached hydrogen (secondary N) is 2. The van der Waals surface area contributed by atoms with Gasteiger partial charge in [0.15, 0.2) is 5.96 Å². The highest BCUT2D eigenvalue weighted by Gasteiger charge is 2.24. The number of hydrogen-bond acceptors (Lipinski definition) is 3. The van der Waals surface area contributed by atoms with Crippen LogP contribution in [0.2, 0.25) is 0 Å². The van der Waals surface area contributed by atoms with Crippen LogP contribution in [-0.4, -0.2) is 62.7 Å². The van der Waals surface area contributed by atoms with Crippen LogP contribution in [0.1, 0.15) is 33.1 Å². The maximum Gasteiger partial charge on any atom is 0.191 e. The fraction of sp³-hybridized carbons (Fsp3) is 0.667. The van der Waals surface area contributed by atoms with Crippen LogP contribution in [0.15, 0.2) is 35.3 Å². The summed E-state index contributed by atoms with van der Waals surface area (Å²) >= 11 is 0. The monoisotopic (exact) mass is 357 g/mol. The molecule has 3 atom stereocenters. The minimum absolute atomic E-state index is 0.451. The molecule has 0 spiro atoms. The Morgan fingerprint density at radius 3 is 2.73 bits per heavy atom. The number of likely N-dealkylation sites (tertiary alicyclic amines) is 1. The summed E-state index contributed by atoms with van der Waals surface area (Å²) < 4.78 is 0. The second-order valence-electron chi connectivity index (χ2n) is 7.96. The molecule has 144 valence electrons. The number of benzene rings is 1. The van der Waals surface area contributed by atoms with Gasteiger partial charge in [0.05, 0.1) is 0 Å². The van der Waals surface area contributed by atoms with Gasteiger partial charge in [-0.3, -0.25) is 9.89 Å². The average molecular weight is 358 g/mol. The van der Waals surface area contributed by atoms with E-state index in [2.05, 4.69) is 69.6 Å². The highest BCUT2D eigenvalue weighted by molar-refractivity contribution is 5.80. The summed E-state index contributed by atoms with van der Waals surface area (Å²) in [5.41, 5.74) is 1.31.